The van der Waals surface area contributed by atoms with E-state index in [4.69, 9.17) is 0 Å². The highest BCUT2D eigenvalue weighted by molar-refractivity contribution is 9.09. The van der Waals surface area contributed by atoms with E-state index in [-0.39, 0.29) is 16.4 Å². The number of aromatic nitrogens is 3. The summed E-state index contributed by atoms with van der Waals surface area (Å²) in [5, 5.41) is 5.11. The Bertz CT molecular complexity index is 659. The molecule has 0 N–H and O–H groups in total. The molecule has 0 amide bonds. The third kappa shape index (κ3) is 2.34. The van der Waals surface area contributed by atoms with Gasteiger partial charge in [0.15, 0.2) is 5.16 Å². The van der Waals surface area contributed by atoms with Gasteiger partial charge in [-0.05, 0) is 12.5 Å². The Labute approximate surface area is 123 Å². The molecule has 98 valence electrons. The van der Waals surface area contributed by atoms with Crippen LogP contribution in [0.4, 0.5) is 0 Å². The minimum absolute atomic E-state index is 0.0734. The lowest BCUT2D eigenvalue weighted by Crippen LogP contribution is -2.33. The van der Waals surface area contributed by atoms with Crippen molar-refractivity contribution < 1.29 is 0 Å². The number of halogens is 1. The second kappa shape index (κ2) is 5.09. The van der Waals surface area contributed by atoms with Gasteiger partial charge >= 0.3 is 0 Å². The van der Waals surface area contributed by atoms with E-state index < -0.39 is 0 Å². The lowest BCUT2D eigenvalue weighted by Gasteiger charge is -2.30. The molecule has 1 aliphatic heterocycles. The molecular weight excluding hydrogens is 326 g/mol. The SMILES string of the molecule is Cc1nn2c(nc1=O)SCC(Br)C2c1ccccc1. The Balaban J connectivity index is 2.17. The molecule has 6 heteroatoms. The van der Waals surface area contributed by atoms with Gasteiger partial charge in [0.2, 0.25) is 0 Å². The van der Waals surface area contributed by atoms with Crippen molar-refractivity contribution in [3.8, 4) is 0 Å². The highest BCUT2D eigenvalue weighted by atomic mass is 79.9. The van der Waals surface area contributed by atoms with Gasteiger partial charge in [-0.2, -0.15) is 10.1 Å². The van der Waals surface area contributed by atoms with Gasteiger partial charge < -0.3 is 0 Å². The van der Waals surface area contributed by atoms with Crippen molar-refractivity contribution in [2.45, 2.75) is 22.9 Å². The Kier molecular flexibility index (Phi) is 3.45. The van der Waals surface area contributed by atoms with Gasteiger partial charge in [-0.3, -0.25) is 4.79 Å². The average molecular weight is 338 g/mol. The first kappa shape index (κ1) is 12.9. The van der Waals surface area contributed by atoms with Crippen molar-refractivity contribution in [2.24, 2.45) is 0 Å². The van der Waals surface area contributed by atoms with E-state index in [0.717, 1.165) is 5.75 Å². The fourth-order valence-electron chi connectivity index (χ4n) is 2.14. The van der Waals surface area contributed by atoms with Crippen LogP contribution in [0.5, 0.6) is 0 Å². The Morgan fingerprint density at radius 2 is 2.11 bits per heavy atom. The predicted octanol–water partition coefficient (Wildman–Crippen LogP) is 2.41. The van der Waals surface area contributed by atoms with Crippen molar-refractivity contribution in [2.75, 3.05) is 5.75 Å². The summed E-state index contributed by atoms with van der Waals surface area (Å²) in [7, 11) is 0. The molecule has 19 heavy (non-hydrogen) atoms. The van der Waals surface area contributed by atoms with Crippen molar-refractivity contribution in [3.63, 3.8) is 0 Å². The smallest absolute Gasteiger partial charge is 0.265 e. The van der Waals surface area contributed by atoms with Gasteiger partial charge in [0.05, 0.1) is 10.9 Å². The molecule has 2 atom stereocenters. The normalized spacial score (nSPS) is 22.0. The minimum atomic E-state index is -0.237. The van der Waals surface area contributed by atoms with Crippen LogP contribution < -0.4 is 5.56 Å². The summed E-state index contributed by atoms with van der Waals surface area (Å²) in [5.74, 6) is 0.872. The number of alkyl halides is 1. The molecule has 0 saturated carbocycles. The van der Waals surface area contributed by atoms with Crippen LogP contribution in [0.25, 0.3) is 0 Å². The summed E-state index contributed by atoms with van der Waals surface area (Å²) in [6.07, 6.45) is 0. The van der Waals surface area contributed by atoms with Crippen molar-refractivity contribution in [1.82, 2.24) is 14.8 Å². The van der Waals surface area contributed by atoms with E-state index in [1.807, 2.05) is 22.9 Å². The molecule has 0 aliphatic carbocycles. The maximum absolute atomic E-state index is 11.6. The second-order valence-corrected chi connectivity index (χ2v) is 6.58. The zero-order valence-electron chi connectivity index (χ0n) is 10.3. The fraction of sp³-hybridized carbons (Fsp3) is 0.308. The van der Waals surface area contributed by atoms with Gasteiger partial charge in [0, 0.05) is 5.75 Å². The number of hydrogen-bond donors (Lipinski definition) is 0. The van der Waals surface area contributed by atoms with Crippen molar-refractivity contribution in [3.05, 3.63) is 51.9 Å². The van der Waals surface area contributed by atoms with Crippen molar-refractivity contribution >= 4 is 27.7 Å². The van der Waals surface area contributed by atoms with E-state index in [9.17, 15) is 4.79 Å². The standard InChI is InChI=1S/C13H12BrN3OS/c1-8-12(18)15-13-17(16-8)11(10(14)7-19-13)9-5-3-2-4-6-9/h2-6,10-11H,7H2,1H3. The van der Waals surface area contributed by atoms with E-state index in [0.29, 0.717) is 10.9 Å². The Hall–Kier alpha value is -1.14. The summed E-state index contributed by atoms with van der Waals surface area (Å²) in [6.45, 7) is 1.70. The summed E-state index contributed by atoms with van der Waals surface area (Å²) in [6, 6.07) is 10.2. The number of thioether (sulfide) groups is 1. The number of benzene rings is 1. The summed E-state index contributed by atoms with van der Waals surface area (Å²) >= 11 is 5.28. The molecule has 0 spiro atoms. The monoisotopic (exact) mass is 337 g/mol. The number of hydrogen-bond acceptors (Lipinski definition) is 4. The summed E-state index contributed by atoms with van der Waals surface area (Å²) in [5.41, 5.74) is 1.37. The van der Waals surface area contributed by atoms with Gasteiger partial charge in [-0.25, -0.2) is 4.68 Å². The van der Waals surface area contributed by atoms with E-state index in [2.05, 4.69) is 38.1 Å². The molecule has 0 fully saturated rings. The third-order valence-electron chi connectivity index (χ3n) is 3.08. The Morgan fingerprint density at radius 3 is 2.84 bits per heavy atom. The van der Waals surface area contributed by atoms with Crippen LogP contribution >= 0.6 is 27.7 Å². The zero-order chi connectivity index (χ0) is 13.4. The second-order valence-electron chi connectivity index (χ2n) is 4.41. The van der Waals surface area contributed by atoms with Gasteiger partial charge in [0.25, 0.3) is 5.56 Å². The largest absolute Gasteiger partial charge is 0.295 e. The van der Waals surface area contributed by atoms with E-state index in [1.165, 1.54) is 5.56 Å². The molecular formula is C13H12BrN3OS. The van der Waals surface area contributed by atoms with Crippen LogP contribution in [0, 0.1) is 6.92 Å². The zero-order valence-corrected chi connectivity index (χ0v) is 12.7. The summed E-state index contributed by atoms with van der Waals surface area (Å²) in [4.78, 5) is 16.0. The first-order valence-electron chi connectivity index (χ1n) is 5.96. The maximum atomic E-state index is 11.6. The molecule has 1 aromatic heterocycles. The lowest BCUT2D eigenvalue weighted by molar-refractivity contribution is 0.434. The van der Waals surface area contributed by atoms with Gasteiger partial charge in [0.1, 0.15) is 5.69 Å². The van der Waals surface area contributed by atoms with Gasteiger partial charge in [-0.1, -0.05) is 58.0 Å². The molecule has 3 rings (SSSR count). The van der Waals surface area contributed by atoms with Crippen LogP contribution in [-0.2, 0) is 0 Å². The third-order valence-corrected chi connectivity index (χ3v) is 5.39. The lowest BCUT2D eigenvalue weighted by atomic mass is 10.0. The Morgan fingerprint density at radius 1 is 1.37 bits per heavy atom. The van der Waals surface area contributed by atoms with Crippen LogP contribution in [0.1, 0.15) is 17.3 Å². The molecule has 1 aromatic carbocycles. The topological polar surface area (TPSA) is 47.8 Å². The molecule has 2 heterocycles. The van der Waals surface area contributed by atoms with Crippen molar-refractivity contribution in [1.29, 1.82) is 0 Å². The van der Waals surface area contributed by atoms with Crippen LogP contribution in [0.15, 0.2) is 40.3 Å². The molecule has 0 saturated heterocycles. The predicted molar refractivity (Wildman–Crippen MR) is 79.0 cm³/mol. The number of rotatable bonds is 1. The summed E-state index contributed by atoms with van der Waals surface area (Å²) < 4.78 is 1.86. The molecule has 0 bridgehead atoms. The molecule has 2 aromatic rings. The van der Waals surface area contributed by atoms with E-state index in [1.54, 1.807) is 18.7 Å². The van der Waals surface area contributed by atoms with Crippen LogP contribution in [0.2, 0.25) is 0 Å². The first-order valence-corrected chi connectivity index (χ1v) is 7.86. The quantitative estimate of drug-likeness (QED) is 0.750. The molecule has 0 radical (unpaired) electrons. The fourth-order valence-corrected chi connectivity index (χ4v) is 3.99. The minimum Gasteiger partial charge on any atom is -0.265 e. The van der Waals surface area contributed by atoms with E-state index >= 15 is 0 Å². The average Bonchev–Trinajstić information content (AvgIpc) is 2.42. The number of aryl methyl sites for hydroxylation is 1. The van der Waals surface area contributed by atoms with Gasteiger partial charge in [-0.15, -0.1) is 0 Å². The van der Waals surface area contributed by atoms with Crippen LogP contribution in [-0.4, -0.2) is 25.3 Å². The number of nitrogens with zero attached hydrogens (tertiary/aromatic N) is 3. The number of fused-ring (bicyclic) bond motifs is 1. The highest BCUT2D eigenvalue weighted by Crippen LogP contribution is 2.36. The molecule has 1 aliphatic rings. The van der Waals surface area contributed by atoms with Crippen LogP contribution in [0.3, 0.4) is 0 Å². The maximum Gasteiger partial charge on any atom is 0.295 e. The highest BCUT2D eigenvalue weighted by Gasteiger charge is 2.31. The first-order chi connectivity index (χ1) is 9.16. The molecule has 2 unspecified atom stereocenters. The molecule has 4 nitrogen and oxygen atoms in total.